The first-order valence-corrected chi connectivity index (χ1v) is 22.3. The lowest BCUT2D eigenvalue weighted by Crippen LogP contribution is -2.25. The fourth-order valence-electron chi connectivity index (χ4n) is 12.7. The summed E-state index contributed by atoms with van der Waals surface area (Å²) in [7, 11) is 0. The van der Waals surface area contributed by atoms with Crippen molar-refractivity contribution >= 4 is 39.0 Å². The normalized spacial score (nSPS) is 17.2. The van der Waals surface area contributed by atoms with E-state index in [1.165, 1.54) is 94.7 Å². The minimum Gasteiger partial charge on any atom is -0.455 e. The van der Waals surface area contributed by atoms with E-state index in [-0.39, 0.29) is 10.8 Å². The zero-order chi connectivity index (χ0) is 42.0. The van der Waals surface area contributed by atoms with Gasteiger partial charge >= 0.3 is 0 Å². The minimum absolute atomic E-state index is 0.132. The summed E-state index contributed by atoms with van der Waals surface area (Å²) in [5, 5.41) is 2.32. The molecule has 4 aliphatic rings. The Balaban J connectivity index is 1.04. The first kappa shape index (κ1) is 35.2. The Kier molecular flexibility index (Phi) is 6.67. The van der Waals surface area contributed by atoms with Crippen LogP contribution >= 0.6 is 0 Å². The average molecular weight is 806 g/mol. The van der Waals surface area contributed by atoms with Gasteiger partial charge in [-0.3, -0.25) is 0 Å². The summed E-state index contributed by atoms with van der Waals surface area (Å²) >= 11 is 0. The van der Waals surface area contributed by atoms with Crippen LogP contribution in [-0.4, -0.2) is 0 Å². The van der Waals surface area contributed by atoms with E-state index < -0.39 is 5.41 Å². The highest BCUT2D eigenvalue weighted by molar-refractivity contribution is 6.13. The number of benzene rings is 9. The number of nitrogens with zero attached hydrogens (tertiary/aromatic N) is 1. The van der Waals surface area contributed by atoms with Crippen LogP contribution in [0.5, 0.6) is 0 Å². The first-order chi connectivity index (χ1) is 30.8. The molecule has 0 N–H and O–H groups in total. The second kappa shape index (κ2) is 11.9. The van der Waals surface area contributed by atoms with Crippen LogP contribution in [0.15, 0.2) is 192 Å². The molecule has 0 aliphatic heterocycles. The summed E-state index contributed by atoms with van der Waals surface area (Å²) in [6.45, 7) is 9.52. The van der Waals surface area contributed by atoms with Gasteiger partial charge in [0.2, 0.25) is 0 Å². The molecule has 0 bridgehead atoms. The van der Waals surface area contributed by atoms with Crippen LogP contribution in [0, 0.1) is 0 Å². The van der Waals surface area contributed by atoms with E-state index in [0.717, 1.165) is 33.3 Å². The molecule has 2 nitrogen and oxygen atoms in total. The third kappa shape index (κ3) is 4.24. The Morgan fingerprint density at radius 1 is 0.349 bits per heavy atom. The van der Waals surface area contributed by atoms with Crippen LogP contribution in [0.4, 0.5) is 17.1 Å². The highest BCUT2D eigenvalue weighted by Gasteiger charge is 2.53. The van der Waals surface area contributed by atoms with Gasteiger partial charge < -0.3 is 9.32 Å². The molecule has 14 rings (SSSR count). The molecule has 1 heterocycles. The summed E-state index contributed by atoms with van der Waals surface area (Å²) < 4.78 is 6.82. The molecule has 0 radical (unpaired) electrons. The van der Waals surface area contributed by atoms with Gasteiger partial charge in [-0.15, -0.1) is 0 Å². The maximum atomic E-state index is 6.82. The van der Waals surface area contributed by atoms with Crippen LogP contribution in [0.3, 0.4) is 0 Å². The second-order valence-electron chi connectivity index (χ2n) is 19.1. The molecular weight excluding hydrogens is 763 g/mol. The fraction of sp³-hybridized carbons (Fsp3) is 0.115. The molecule has 298 valence electrons. The largest absolute Gasteiger partial charge is 0.455 e. The third-order valence-corrected chi connectivity index (χ3v) is 15.5. The molecule has 1 unspecified atom stereocenters. The topological polar surface area (TPSA) is 16.4 Å². The van der Waals surface area contributed by atoms with Gasteiger partial charge in [0.05, 0.1) is 11.1 Å². The van der Waals surface area contributed by atoms with Gasteiger partial charge in [-0.05, 0) is 114 Å². The minimum atomic E-state index is -0.505. The van der Waals surface area contributed by atoms with E-state index in [1.54, 1.807) is 0 Å². The lowest BCUT2D eigenvalue weighted by Gasteiger charge is -2.32. The number of fused-ring (bicyclic) bond motifs is 20. The van der Waals surface area contributed by atoms with Crippen molar-refractivity contribution in [3.8, 4) is 44.5 Å². The number of hydrogen-bond acceptors (Lipinski definition) is 2. The highest BCUT2D eigenvalue weighted by Crippen LogP contribution is 2.65. The summed E-state index contributed by atoms with van der Waals surface area (Å²) in [5.74, 6) is 0. The SMILES string of the molecule is CC1(C)c2ccccc2-c2ccc(N(c3ccc4c(c3)-c3ccccc3C43c4ccccc4-c4c3ccc3c4oc4ccccc43)c3cccc4c3-c3ccccc3C4(C)C)cc21. The lowest BCUT2D eigenvalue weighted by molar-refractivity contribution is 0.660. The predicted molar refractivity (Wildman–Crippen MR) is 260 cm³/mol. The van der Waals surface area contributed by atoms with Gasteiger partial charge in [-0.1, -0.05) is 179 Å². The van der Waals surface area contributed by atoms with E-state index in [0.29, 0.717) is 0 Å². The Morgan fingerprint density at radius 3 is 1.65 bits per heavy atom. The molecule has 9 aromatic carbocycles. The van der Waals surface area contributed by atoms with Gasteiger partial charge in [0.15, 0.2) is 0 Å². The Morgan fingerprint density at radius 2 is 0.873 bits per heavy atom. The molecule has 0 fully saturated rings. The van der Waals surface area contributed by atoms with Crippen LogP contribution in [0.1, 0.15) is 72.2 Å². The second-order valence-corrected chi connectivity index (χ2v) is 19.1. The first-order valence-electron chi connectivity index (χ1n) is 22.3. The number of anilines is 3. The quantitative estimate of drug-likeness (QED) is 0.177. The predicted octanol–water partition coefficient (Wildman–Crippen LogP) is 16.0. The summed E-state index contributed by atoms with van der Waals surface area (Å²) in [6.07, 6.45) is 0. The monoisotopic (exact) mass is 805 g/mol. The summed E-state index contributed by atoms with van der Waals surface area (Å²) in [4.78, 5) is 2.55. The average Bonchev–Trinajstić information content (AvgIpc) is 4.06. The van der Waals surface area contributed by atoms with E-state index in [4.69, 9.17) is 4.42 Å². The molecule has 4 aliphatic carbocycles. The molecule has 0 saturated heterocycles. The Bertz CT molecular complexity index is 3650. The van der Waals surface area contributed by atoms with Gasteiger partial charge in [-0.25, -0.2) is 0 Å². The van der Waals surface area contributed by atoms with Crippen molar-refractivity contribution in [2.45, 2.75) is 43.9 Å². The number of para-hydroxylation sites is 1. The van der Waals surface area contributed by atoms with Gasteiger partial charge in [0.25, 0.3) is 0 Å². The molecule has 1 aromatic heterocycles. The van der Waals surface area contributed by atoms with Crippen molar-refractivity contribution in [2.75, 3.05) is 4.90 Å². The Labute approximate surface area is 367 Å². The van der Waals surface area contributed by atoms with Gasteiger partial charge in [0, 0.05) is 44.1 Å². The molecule has 1 atom stereocenters. The van der Waals surface area contributed by atoms with Crippen molar-refractivity contribution < 1.29 is 4.42 Å². The van der Waals surface area contributed by atoms with Crippen molar-refractivity contribution in [1.82, 2.24) is 0 Å². The molecule has 0 amide bonds. The molecule has 2 heteroatoms. The zero-order valence-corrected chi connectivity index (χ0v) is 35.8. The third-order valence-electron chi connectivity index (χ3n) is 15.5. The number of furan rings is 1. The van der Waals surface area contributed by atoms with Crippen molar-refractivity contribution in [3.05, 3.63) is 233 Å². The Hall–Kier alpha value is -7.42. The maximum absolute atomic E-state index is 6.82. The molecule has 0 saturated carbocycles. The standard InChI is InChI=1S/C61H43NO/c1-59(2)47-22-11-7-19-43(47)56-51(59)25-15-26-54(56)62(37-28-30-40-38-16-5-10-21-46(38)60(3,4)53(40)35-37)36-29-32-50-45(34-36)39-17-6-12-23-48(39)61(50)49-24-13-8-20-44(49)57-52(61)33-31-42-41-18-9-14-27-55(41)63-58(42)57/h5-35H,1-4H3. The lowest BCUT2D eigenvalue weighted by atomic mass is 9.70. The van der Waals surface area contributed by atoms with E-state index >= 15 is 0 Å². The molecule has 63 heavy (non-hydrogen) atoms. The molecular formula is C61H43NO. The van der Waals surface area contributed by atoms with Crippen molar-refractivity contribution in [1.29, 1.82) is 0 Å². The van der Waals surface area contributed by atoms with E-state index in [2.05, 4.69) is 221 Å². The molecule has 1 spiro atoms. The number of hydrogen-bond donors (Lipinski definition) is 0. The van der Waals surface area contributed by atoms with Gasteiger partial charge in [-0.2, -0.15) is 0 Å². The van der Waals surface area contributed by atoms with E-state index in [9.17, 15) is 0 Å². The van der Waals surface area contributed by atoms with Crippen LogP contribution in [0.2, 0.25) is 0 Å². The van der Waals surface area contributed by atoms with Gasteiger partial charge in [0.1, 0.15) is 11.2 Å². The summed E-state index contributed by atoms with van der Waals surface area (Å²) in [6, 6.07) is 70.8. The number of rotatable bonds is 3. The summed E-state index contributed by atoms with van der Waals surface area (Å²) in [5.41, 5.74) is 25.6. The van der Waals surface area contributed by atoms with Crippen molar-refractivity contribution in [3.63, 3.8) is 0 Å². The van der Waals surface area contributed by atoms with Crippen LogP contribution < -0.4 is 4.90 Å². The fourth-order valence-corrected chi connectivity index (χ4v) is 12.7. The van der Waals surface area contributed by atoms with Crippen molar-refractivity contribution in [2.24, 2.45) is 0 Å². The molecule has 10 aromatic rings. The maximum Gasteiger partial charge on any atom is 0.143 e. The van der Waals surface area contributed by atoms with Crippen LogP contribution in [-0.2, 0) is 16.2 Å². The van der Waals surface area contributed by atoms with Crippen LogP contribution in [0.25, 0.3) is 66.4 Å². The zero-order valence-electron chi connectivity index (χ0n) is 35.8. The van der Waals surface area contributed by atoms with E-state index in [1.807, 2.05) is 0 Å². The smallest absolute Gasteiger partial charge is 0.143 e. The highest BCUT2D eigenvalue weighted by atomic mass is 16.3.